The van der Waals surface area contributed by atoms with E-state index in [0.717, 1.165) is 5.56 Å². The van der Waals surface area contributed by atoms with Gasteiger partial charge in [0.1, 0.15) is 5.60 Å². The van der Waals surface area contributed by atoms with Crippen LogP contribution in [-0.4, -0.2) is 39.9 Å². The van der Waals surface area contributed by atoms with Gasteiger partial charge in [0.15, 0.2) is 0 Å². The van der Waals surface area contributed by atoms with Gasteiger partial charge in [0.05, 0.1) is 13.0 Å². The molecule has 5 heteroatoms. The second kappa shape index (κ2) is 5.58. The Kier molecular flexibility index (Phi) is 4.39. The number of rotatable bonds is 5. The highest BCUT2D eigenvalue weighted by Crippen LogP contribution is 2.00. The third-order valence-corrected chi connectivity index (χ3v) is 2.12. The van der Waals surface area contributed by atoms with Gasteiger partial charge in [0.25, 0.3) is 0 Å². The van der Waals surface area contributed by atoms with Gasteiger partial charge in [-0.3, -0.25) is 9.78 Å². The lowest BCUT2D eigenvalue weighted by Gasteiger charge is -2.20. The normalized spacial score (nSPS) is 14.2. The number of nitrogens with one attached hydrogen (secondary N) is 1. The molecule has 16 heavy (non-hydrogen) atoms. The average Bonchev–Trinajstić information content (AvgIpc) is 2.28. The first-order chi connectivity index (χ1) is 7.53. The summed E-state index contributed by atoms with van der Waals surface area (Å²) in [5.74, 6) is -0.195. The van der Waals surface area contributed by atoms with Gasteiger partial charge in [-0.15, -0.1) is 0 Å². The van der Waals surface area contributed by atoms with Crippen LogP contribution in [0.5, 0.6) is 0 Å². The lowest BCUT2D eigenvalue weighted by Crippen LogP contribution is -2.43. The van der Waals surface area contributed by atoms with E-state index in [9.17, 15) is 9.90 Å². The van der Waals surface area contributed by atoms with Crippen molar-refractivity contribution in [1.82, 2.24) is 10.3 Å². The molecule has 0 saturated heterocycles. The Morgan fingerprint density at radius 2 is 2.12 bits per heavy atom. The van der Waals surface area contributed by atoms with Crippen molar-refractivity contribution in [3.05, 3.63) is 30.1 Å². The maximum absolute atomic E-state index is 11.5. The fourth-order valence-electron chi connectivity index (χ4n) is 1.09. The number of hydrogen-bond donors (Lipinski definition) is 3. The molecule has 1 atom stereocenters. The molecule has 1 aromatic heterocycles. The van der Waals surface area contributed by atoms with E-state index in [-0.39, 0.29) is 25.5 Å². The molecule has 0 aliphatic heterocycles. The summed E-state index contributed by atoms with van der Waals surface area (Å²) in [6, 6.07) is 3.51. The van der Waals surface area contributed by atoms with E-state index < -0.39 is 5.60 Å². The molecule has 0 aliphatic carbocycles. The van der Waals surface area contributed by atoms with Gasteiger partial charge in [-0.2, -0.15) is 0 Å². The molecule has 0 radical (unpaired) electrons. The van der Waals surface area contributed by atoms with Gasteiger partial charge >= 0.3 is 0 Å². The fraction of sp³-hybridized carbons (Fsp3) is 0.455. The lowest BCUT2D eigenvalue weighted by atomic mass is 10.1. The summed E-state index contributed by atoms with van der Waals surface area (Å²) in [6.07, 6.45) is 3.48. The van der Waals surface area contributed by atoms with Crippen LogP contribution in [0.1, 0.15) is 12.5 Å². The summed E-state index contributed by atoms with van der Waals surface area (Å²) in [5.41, 5.74) is -0.412. The van der Waals surface area contributed by atoms with Crippen molar-refractivity contribution >= 4 is 5.91 Å². The summed E-state index contributed by atoms with van der Waals surface area (Å²) in [6.45, 7) is 1.11. The number of carbonyl (C=O) groups is 1. The zero-order chi connectivity index (χ0) is 12.0. The molecule has 1 unspecified atom stereocenters. The van der Waals surface area contributed by atoms with Crippen LogP contribution in [0.4, 0.5) is 0 Å². The second-order valence-electron chi connectivity index (χ2n) is 3.96. The number of aliphatic hydroxyl groups excluding tert-OH is 1. The molecule has 88 valence electrons. The number of aliphatic hydroxyl groups is 2. The molecule has 1 aromatic rings. The van der Waals surface area contributed by atoms with Crippen LogP contribution in [0.2, 0.25) is 0 Å². The van der Waals surface area contributed by atoms with Crippen molar-refractivity contribution in [1.29, 1.82) is 0 Å². The number of aromatic nitrogens is 1. The quantitative estimate of drug-likeness (QED) is 0.628. The van der Waals surface area contributed by atoms with Crippen molar-refractivity contribution in [2.24, 2.45) is 0 Å². The maximum atomic E-state index is 11.5. The topological polar surface area (TPSA) is 82.5 Å². The van der Waals surface area contributed by atoms with Gasteiger partial charge < -0.3 is 15.5 Å². The summed E-state index contributed by atoms with van der Waals surface area (Å²) >= 11 is 0. The Bertz CT molecular complexity index is 338. The molecule has 0 saturated carbocycles. The van der Waals surface area contributed by atoms with Crippen molar-refractivity contribution in [2.75, 3.05) is 13.2 Å². The highest BCUT2D eigenvalue weighted by molar-refractivity contribution is 5.78. The Hall–Kier alpha value is -1.46. The molecule has 0 aliphatic rings. The molecule has 0 spiro atoms. The molecular formula is C11H16N2O3. The first-order valence-electron chi connectivity index (χ1n) is 5.02. The van der Waals surface area contributed by atoms with Gasteiger partial charge in [0, 0.05) is 18.9 Å². The maximum Gasteiger partial charge on any atom is 0.224 e. The Morgan fingerprint density at radius 1 is 1.50 bits per heavy atom. The zero-order valence-electron chi connectivity index (χ0n) is 9.18. The molecule has 1 heterocycles. The van der Waals surface area contributed by atoms with Gasteiger partial charge in [-0.25, -0.2) is 0 Å². The molecule has 0 fully saturated rings. The Morgan fingerprint density at radius 3 is 2.69 bits per heavy atom. The minimum Gasteiger partial charge on any atom is -0.393 e. The minimum absolute atomic E-state index is 0.0351. The Balaban J connectivity index is 2.38. The van der Waals surface area contributed by atoms with Crippen LogP contribution in [0, 0.1) is 0 Å². The number of amides is 1. The highest BCUT2D eigenvalue weighted by Gasteiger charge is 2.19. The number of carbonyl (C=O) groups excluding carboxylic acids is 1. The number of hydrogen-bond acceptors (Lipinski definition) is 4. The van der Waals surface area contributed by atoms with E-state index in [1.165, 1.54) is 6.92 Å². The van der Waals surface area contributed by atoms with Crippen LogP contribution in [0.15, 0.2) is 24.5 Å². The van der Waals surface area contributed by atoms with Crippen LogP contribution in [0.25, 0.3) is 0 Å². The summed E-state index contributed by atoms with van der Waals surface area (Å²) in [4.78, 5) is 15.3. The molecule has 0 bridgehead atoms. The van der Waals surface area contributed by atoms with Crippen molar-refractivity contribution in [3.63, 3.8) is 0 Å². The summed E-state index contributed by atoms with van der Waals surface area (Å²) < 4.78 is 0. The molecule has 1 rings (SSSR count). The van der Waals surface area contributed by atoms with E-state index in [2.05, 4.69) is 10.3 Å². The molecule has 1 amide bonds. The van der Waals surface area contributed by atoms with E-state index in [1.807, 2.05) is 0 Å². The fourth-order valence-corrected chi connectivity index (χ4v) is 1.09. The van der Waals surface area contributed by atoms with Crippen LogP contribution in [-0.2, 0) is 11.2 Å². The SMILES string of the molecule is CC(O)(CO)CNC(=O)Cc1ccncc1. The van der Waals surface area contributed by atoms with E-state index >= 15 is 0 Å². The van der Waals surface area contributed by atoms with E-state index in [0.29, 0.717) is 0 Å². The van der Waals surface area contributed by atoms with Gasteiger partial charge in [-0.05, 0) is 24.6 Å². The van der Waals surface area contributed by atoms with Crippen molar-refractivity contribution in [3.8, 4) is 0 Å². The first-order valence-corrected chi connectivity index (χ1v) is 5.02. The minimum atomic E-state index is -1.27. The standard InChI is InChI=1S/C11H16N2O3/c1-11(16,8-14)7-13-10(15)6-9-2-4-12-5-3-9/h2-5,14,16H,6-8H2,1H3,(H,13,15). The van der Waals surface area contributed by atoms with Crippen molar-refractivity contribution < 1.29 is 15.0 Å². The van der Waals surface area contributed by atoms with E-state index in [1.54, 1.807) is 24.5 Å². The third kappa shape index (κ3) is 4.37. The highest BCUT2D eigenvalue weighted by atomic mass is 16.3. The molecule has 5 nitrogen and oxygen atoms in total. The van der Waals surface area contributed by atoms with E-state index in [4.69, 9.17) is 5.11 Å². The number of pyridine rings is 1. The number of nitrogens with zero attached hydrogens (tertiary/aromatic N) is 1. The predicted molar refractivity (Wildman–Crippen MR) is 58.7 cm³/mol. The second-order valence-corrected chi connectivity index (χ2v) is 3.96. The smallest absolute Gasteiger partial charge is 0.224 e. The zero-order valence-corrected chi connectivity index (χ0v) is 9.18. The summed E-state index contributed by atoms with van der Waals surface area (Å²) in [7, 11) is 0. The van der Waals surface area contributed by atoms with Gasteiger partial charge in [-0.1, -0.05) is 0 Å². The molecule has 0 aromatic carbocycles. The third-order valence-electron chi connectivity index (χ3n) is 2.12. The molecule has 3 N–H and O–H groups in total. The Labute approximate surface area is 94.1 Å². The van der Waals surface area contributed by atoms with Crippen molar-refractivity contribution in [2.45, 2.75) is 18.9 Å². The largest absolute Gasteiger partial charge is 0.393 e. The lowest BCUT2D eigenvalue weighted by molar-refractivity contribution is -0.121. The van der Waals surface area contributed by atoms with Crippen LogP contribution < -0.4 is 5.32 Å². The van der Waals surface area contributed by atoms with Gasteiger partial charge in [0.2, 0.25) is 5.91 Å². The van der Waals surface area contributed by atoms with Crippen LogP contribution >= 0.6 is 0 Å². The van der Waals surface area contributed by atoms with Crippen LogP contribution in [0.3, 0.4) is 0 Å². The molecular weight excluding hydrogens is 208 g/mol. The monoisotopic (exact) mass is 224 g/mol. The predicted octanol–water partition coefficient (Wildman–Crippen LogP) is -0.516. The first kappa shape index (κ1) is 12.6. The summed E-state index contributed by atoms with van der Waals surface area (Å²) in [5, 5.41) is 20.8. The average molecular weight is 224 g/mol.